The third-order valence-electron chi connectivity index (χ3n) is 5.51. The predicted octanol–water partition coefficient (Wildman–Crippen LogP) is 2.96. The third kappa shape index (κ3) is 2.73. The van der Waals surface area contributed by atoms with E-state index in [1.165, 1.54) is 5.56 Å². The van der Waals surface area contributed by atoms with Gasteiger partial charge in [0.25, 0.3) is 0 Å². The molecule has 1 spiro atoms. The van der Waals surface area contributed by atoms with Crippen LogP contribution < -0.4 is 10.6 Å². The summed E-state index contributed by atoms with van der Waals surface area (Å²) in [5.74, 6) is 1.61. The number of nitrogens with zero attached hydrogens (tertiary/aromatic N) is 3. The van der Waals surface area contributed by atoms with Crippen LogP contribution in [0.3, 0.4) is 0 Å². The molecule has 130 valence electrons. The minimum absolute atomic E-state index is 0.0661. The first-order valence-corrected chi connectivity index (χ1v) is 8.89. The number of piperazine rings is 1. The zero-order valence-corrected chi connectivity index (χ0v) is 14.9. The van der Waals surface area contributed by atoms with Crippen molar-refractivity contribution in [3.8, 4) is 0 Å². The third-order valence-corrected chi connectivity index (χ3v) is 5.51. The number of hydrogen-bond donors (Lipinski definition) is 2. The highest BCUT2D eigenvalue weighted by atomic mass is 15.4. The summed E-state index contributed by atoms with van der Waals surface area (Å²) in [5, 5.41) is 8.81. The van der Waals surface area contributed by atoms with Crippen molar-refractivity contribution in [2.24, 2.45) is 0 Å². The van der Waals surface area contributed by atoms with E-state index >= 15 is 0 Å². The van der Waals surface area contributed by atoms with Crippen LogP contribution in [0.4, 0.5) is 11.5 Å². The fourth-order valence-corrected chi connectivity index (χ4v) is 3.89. The van der Waals surface area contributed by atoms with Crippen molar-refractivity contribution >= 4 is 17.3 Å². The maximum absolute atomic E-state index is 8.81. The first kappa shape index (κ1) is 15.9. The van der Waals surface area contributed by atoms with Crippen molar-refractivity contribution in [3.63, 3.8) is 0 Å². The summed E-state index contributed by atoms with van der Waals surface area (Å²) in [4.78, 5) is 9.22. The molecule has 2 aliphatic rings. The second-order valence-electron chi connectivity index (χ2n) is 7.38. The lowest BCUT2D eigenvalue weighted by Crippen LogP contribution is -2.57. The Morgan fingerprint density at radius 1 is 1.16 bits per heavy atom. The van der Waals surface area contributed by atoms with Crippen LogP contribution in [0.1, 0.15) is 29.5 Å². The maximum atomic E-state index is 8.81. The topological polar surface area (TPSA) is 69.2 Å². The number of nitrogens with one attached hydrogen (secondary N) is 1. The van der Waals surface area contributed by atoms with E-state index in [1.54, 1.807) is 0 Å². The molecule has 2 aromatic rings. The molecule has 4 rings (SSSR count). The lowest BCUT2D eigenvalue weighted by Gasteiger charge is -2.44. The fourth-order valence-electron chi connectivity index (χ4n) is 3.89. The van der Waals surface area contributed by atoms with Crippen LogP contribution >= 0.6 is 0 Å². The Morgan fingerprint density at radius 2 is 1.96 bits per heavy atom. The highest BCUT2D eigenvalue weighted by molar-refractivity contribution is 6.03. The van der Waals surface area contributed by atoms with Crippen LogP contribution in [-0.4, -0.2) is 40.9 Å². The molecule has 1 aliphatic heterocycles. The summed E-state index contributed by atoms with van der Waals surface area (Å²) in [6.07, 6.45) is 4.18. The molecule has 1 aromatic heterocycles. The number of benzene rings is 1. The van der Waals surface area contributed by atoms with Gasteiger partial charge >= 0.3 is 0 Å². The Bertz CT molecular complexity index is 787. The zero-order chi connectivity index (χ0) is 17.6. The van der Waals surface area contributed by atoms with Crippen LogP contribution in [0, 0.1) is 19.3 Å². The summed E-state index contributed by atoms with van der Waals surface area (Å²) in [5.41, 5.74) is 10.1. The molecular formula is C20H25N5. The lowest BCUT2D eigenvalue weighted by molar-refractivity contribution is 0.258. The van der Waals surface area contributed by atoms with Gasteiger partial charge < -0.3 is 15.5 Å². The molecule has 2 heterocycles. The summed E-state index contributed by atoms with van der Waals surface area (Å²) >= 11 is 0. The van der Waals surface area contributed by atoms with Crippen molar-refractivity contribution < 1.29 is 0 Å². The normalized spacial score (nSPS) is 18.5. The number of anilines is 2. The molecule has 2 fully saturated rings. The molecule has 1 aromatic carbocycles. The molecule has 1 saturated carbocycles. The Hall–Kier alpha value is -2.56. The Labute approximate surface area is 149 Å². The van der Waals surface area contributed by atoms with E-state index in [-0.39, 0.29) is 5.54 Å². The standard InChI is InChI=1S/C20H25N5/c1-14-6-7-17(23-12-14)24-10-11-25(20(13-24)8-9-20)19(22)18-15(2)4-3-5-16(18)21/h3-7,12,22H,8-11,13,21H2,1-2H3. The van der Waals surface area contributed by atoms with Crippen molar-refractivity contribution in [2.45, 2.75) is 32.2 Å². The van der Waals surface area contributed by atoms with Gasteiger partial charge in [0.15, 0.2) is 0 Å². The lowest BCUT2D eigenvalue weighted by atomic mass is 10.0. The summed E-state index contributed by atoms with van der Waals surface area (Å²) in [6.45, 7) is 6.74. The molecule has 25 heavy (non-hydrogen) atoms. The van der Waals surface area contributed by atoms with Gasteiger partial charge in [-0.3, -0.25) is 5.41 Å². The Morgan fingerprint density at radius 3 is 2.60 bits per heavy atom. The van der Waals surface area contributed by atoms with Crippen LogP contribution in [0.25, 0.3) is 0 Å². The van der Waals surface area contributed by atoms with Gasteiger partial charge in [0.05, 0.1) is 5.54 Å². The number of hydrogen-bond acceptors (Lipinski definition) is 4. The second-order valence-corrected chi connectivity index (χ2v) is 7.38. The van der Waals surface area contributed by atoms with Crippen LogP contribution in [0.5, 0.6) is 0 Å². The molecule has 1 saturated heterocycles. The van der Waals surface area contributed by atoms with Crippen LogP contribution in [-0.2, 0) is 0 Å². The van der Waals surface area contributed by atoms with Crippen LogP contribution in [0.2, 0.25) is 0 Å². The largest absolute Gasteiger partial charge is 0.398 e. The molecule has 0 radical (unpaired) electrons. The van der Waals surface area contributed by atoms with Gasteiger partial charge in [-0.05, 0) is 49.9 Å². The van der Waals surface area contributed by atoms with E-state index in [1.807, 2.05) is 31.3 Å². The van der Waals surface area contributed by atoms with Gasteiger partial charge in [-0.25, -0.2) is 4.98 Å². The minimum Gasteiger partial charge on any atom is -0.398 e. The van der Waals surface area contributed by atoms with Gasteiger partial charge in [-0.2, -0.15) is 0 Å². The Balaban J connectivity index is 1.58. The predicted molar refractivity (Wildman–Crippen MR) is 102 cm³/mol. The van der Waals surface area contributed by atoms with E-state index < -0.39 is 0 Å². The number of rotatable bonds is 2. The van der Waals surface area contributed by atoms with Gasteiger partial charge in [0.2, 0.25) is 0 Å². The summed E-state index contributed by atoms with van der Waals surface area (Å²) < 4.78 is 0. The molecule has 5 heteroatoms. The van der Waals surface area contributed by atoms with Gasteiger partial charge in [0, 0.05) is 37.1 Å². The first-order chi connectivity index (χ1) is 12.0. The van der Waals surface area contributed by atoms with Gasteiger partial charge in [-0.1, -0.05) is 18.2 Å². The highest BCUT2D eigenvalue weighted by Crippen LogP contribution is 2.46. The average Bonchev–Trinajstić information content (AvgIpc) is 3.34. The smallest absolute Gasteiger partial charge is 0.131 e. The van der Waals surface area contributed by atoms with E-state index in [9.17, 15) is 0 Å². The van der Waals surface area contributed by atoms with Crippen molar-refractivity contribution in [3.05, 3.63) is 53.2 Å². The molecule has 0 bridgehead atoms. The quantitative estimate of drug-likeness (QED) is 0.503. The average molecular weight is 335 g/mol. The fraction of sp³-hybridized carbons (Fsp3) is 0.400. The molecule has 1 aliphatic carbocycles. The molecule has 5 nitrogen and oxygen atoms in total. The number of nitrogens with two attached hydrogens (primary N) is 1. The van der Waals surface area contributed by atoms with Gasteiger partial charge in [0.1, 0.15) is 11.7 Å². The van der Waals surface area contributed by atoms with Crippen molar-refractivity contribution in [2.75, 3.05) is 30.3 Å². The number of nitrogen functional groups attached to an aromatic ring is 1. The van der Waals surface area contributed by atoms with Crippen LogP contribution in [0.15, 0.2) is 36.5 Å². The minimum atomic E-state index is 0.0661. The first-order valence-electron chi connectivity index (χ1n) is 8.89. The number of pyridine rings is 1. The van der Waals surface area contributed by atoms with Crippen molar-refractivity contribution in [1.82, 2.24) is 9.88 Å². The van der Waals surface area contributed by atoms with Crippen molar-refractivity contribution in [1.29, 1.82) is 5.41 Å². The molecule has 3 N–H and O–H groups in total. The van der Waals surface area contributed by atoms with E-state index in [4.69, 9.17) is 11.1 Å². The second kappa shape index (κ2) is 5.76. The van der Waals surface area contributed by atoms with E-state index in [0.717, 1.165) is 49.4 Å². The number of aromatic nitrogens is 1. The monoisotopic (exact) mass is 335 g/mol. The summed E-state index contributed by atoms with van der Waals surface area (Å²) in [7, 11) is 0. The van der Waals surface area contributed by atoms with E-state index in [2.05, 4.69) is 33.8 Å². The summed E-state index contributed by atoms with van der Waals surface area (Å²) in [6, 6.07) is 10.1. The molecule has 0 atom stereocenters. The highest BCUT2D eigenvalue weighted by Gasteiger charge is 2.52. The number of aryl methyl sites for hydroxylation is 2. The molecular weight excluding hydrogens is 310 g/mol. The number of amidine groups is 1. The van der Waals surface area contributed by atoms with E-state index in [0.29, 0.717) is 11.5 Å². The maximum Gasteiger partial charge on any atom is 0.131 e. The zero-order valence-electron chi connectivity index (χ0n) is 14.9. The molecule has 0 amide bonds. The SMILES string of the molecule is Cc1ccc(N2CCN(C(=N)c3c(C)cccc3N)C3(CC3)C2)nc1. The van der Waals surface area contributed by atoms with Gasteiger partial charge in [-0.15, -0.1) is 0 Å². The molecule has 0 unspecified atom stereocenters. The Kier molecular flexibility index (Phi) is 3.67.